The van der Waals surface area contributed by atoms with E-state index in [9.17, 15) is 0 Å². The third-order valence-corrected chi connectivity index (χ3v) is 3.88. The first-order valence-corrected chi connectivity index (χ1v) is 7.91. The summed E-state index contributed by atoms with van der Waals surface area (Å²) in [5, 5.41) is 0. The van der Waals surface area contributed by atoms with E-state index >= 15 is 0 Å². The predicted octanol–water partition coefficient (Wildman–Crippen LogP) is 2.74. The lowest BCUT2D eigenvalue weighted by molar-refractivity contribution is 0.288. The quantitative estimate of drug-likeness (QED) is 0.773. The molecule has 0 spiro atoms. The summed E-state index contributed by atoms with van der Waals surface area (Å²) in [6.45, 7) is 3.74. The second kappa shape index (κ2) is 9.23. The van der Waals surface area contributed by atoms with E-state index in [2.05, 4.69) is 47.4 Å². The van der Waals surface area contributed by atoms with Gasteiger partial charge in [-0.15, -0.1) is 0 Å². The molecule has 0 fully saturated rings. The Hall–Kier alpha value is -1.84. The molecule has 0 atom stereocenters. The zero-order chi connectivity index (χ0) is 15.6. The molecule has 0 heterocycles. The van der Waals surface area contributed by atoms with Gasteiger partial charge in [-0.05, 0) is 36.1 Å². The van der Waals surface area contributed by atoms with Crippen molar-refractivity contribution in [1.82, 2.24) is 4.90 Å². The standard InChI is InChI=1S/C19H26N2O/c1-22-19-9-7-18(8-10-19)12-15-21(16-13-20)14-11-17-5-3-2-4-6-17/h2-10H,11-16,20H2,1H3. The van der Waals surface area contributed by atoms with Gasteiger partial charge < -0.3 is 15.4 Å². The van der Waals surface area contributed by atoms with Crippen molar-refractivity contribution in [3.05, 3.63) is 65.7 Å². The zero-order valence-electron chi connectivity index (χ0n) is 13.4. The van der Waals surface area contributed by atoms with Gasteiger partial charge >= 0.3 is 0 Å². The number of nitrogens with two attached hydrogens (primary N) is 1. The summed E-state index contributed by atoms with van der Waals surface area (Å²) in [6.07, 6.45) is 2.11. The Morgan fingerprint density at radius 3 is 1.95 bits per heavy atom. The molecule has 0 bridgehead atoms. The number of benzene rings is 2. The molecule has 0 saturated carbocycles. The summed E-state index contributed by atoms with van der Waals surface area (Å²) in [6, 6.07) is 18.9. The van der Waals surface area contributed by atoms with Gasteiger partial charge in [-0.25, -0.2) is 0 Å². The Balaban J connectivity index is 1.82. The van der Waals surface area contributed by atoms with Gasteiger partial charge in [-0.1, -0.05) is 42.5 Å². The Morgan fingerprint density at radius 1 is 0.818 bits per heavy atom. The molecule has 2 rings (SSSR count). The van der Waals surface area contributed by atoms with Gasteiger partial charge in [0.25, 0.3) is 0 Å². The lowest BCUT2D eigenvalue weighted by Gasteiger charge is -2.21. The molecule has 0 aliphatic rings. The highest BCUT2D eigenvalue weighted by molar-refractivity contribution is 5.27. The van der Waals surface area contributed by atoms with Crippen molar-refractivity contribution in [3.63, 3.8) is 0 Å². The summed E-state index contributed by atoms with van der Waals surface area (Å²) < 4.78 is 5.19. The van der Waals surface area contributed by atoms with E-state index in [1.807, 2.05) is 12.1 Å². The molecular formula is C19H26N2O. The molecule has 0 amide bonds. The molecule has 0 aliphatic heterocycles. The number of nitrogens with zero attached hydrogens (tertiary/aromatic N) is 1. The highest BCUT2D eigenvalue weighted by Gasteiger charge is 2.05. The van der Waals surface area contributed by atoms with Gasteiger partial charge in [0.15, 0.2) is 0 Å². The van der Waals surface area contributed by atoms with Crippen LogP contribution in [-0.2, 0) is 12.8 Å². The number of ether oxygens (including phenoxy) is 1. The predicted molar refractivity (Wildman–Crippen MR) is 92.3 cm³/mol. The van der Waals surface area contributed by atoms with Gasteiger partial charge in [0.1, 0.15) is 5.75 Å². The summed E-state index contributed by atoms with van der Waals surface area (Å²) in [5.41, 5.74) is 8.47. The Labute approximate surface area is 133 Å². The lowest BCUT2D eigenvalue weighted by Crippen LogP contribution is -2.33. The van der Waals surface area contributed by atoms with Crippen molar-refractivity contribution in [2.24, 2.45) is 5.73 Å². The van der Waals surface area contributed by atoms with Crippen LogP contribution in [0.15, 0.2) is 54.6 Å². The Kier molecular flexibility index (Phi) is 6.94. The number of hydrogen-bond acceptors (Lipinski definition) is 3. The van der Waals surface area contributed by atoms with Crippen LogP contribution in [0.2, 0.25) is 0 Å². The van der Waals surface area contributed by atoms with Crippen molar-refractivity contribution < 1.29 is 4.74 Å². The molecule has 0 unspecified atom stereocenters. The molecule has 3 heteroatoms. The largest absolute Gasteiger partial charge is 0.497 e. The minimum atomic E-state index is 0.706. The van der Waals surface area contributed by atoms with Crippen molar-refractivity contribution in [3.8, 4) is 5.75 Å². The fourth-order valence-corrected chi connectivity index (χ4v) is 2.53. The van der Waals surface area contributed by atoms with E-state index < -0.39 is 0 Å². The van der Waals surface area contributed by atoms with Gasteiger partial charge in [-0.3, -0.25) is 0 Å². The molecule has 0 saturated heterocycles. The van der Waals surface area contributed by atoms with E-state index in [0.29, 0.717) is 6.54 Å². The van der Waals surface area contributed by atoms with Gasteiger partial charge in [0.05, 0.1) is 7.11 Å². The first kappa shape index (κ1) is 16.5. The van der Waals surface area contributed by atoms with Crippen molar-refractivity contribution in [2.45, 2.75) is 12.8 Å². The van der Waals surface area contributed by atoms with Crippen LogP contribution < -0.4 is 10.5 Å². The maximum atomic E-state index is 5.75. The molecule has 0 aromatic heterocycles. The second-order valence-electron chi connectivity index (χ2n) is 5.46. The van der Waals surface area contributed by atoms with Crippen molar-refractivity contribution in [2.75, 3.05) is 33.3 Å². The average Bonchev–Trinajstić information content (AvgIpc) is 2.59. The SMILES string of the molecule is COc1ccc(CCN(CCN)CCc2ccccc2)cc1. The molecule has 0 radical (unpaired) electrons. The highest BCUT2D eigenvalue weighted by Crippen LogP contribution is 2.12. The van der Waals surface area contributed by atoms with Crippen LogP contribution in [0.3, 0.4) is 0 Å². The van der Waals surface area contributed by atoms with Crippen LogP contribution in [0, 0.1) is 0 Å². The summed E-state index contributed by atoms with van der Waals surface area (Å²) in [7, 11) is 1.70. The molecule has 2 N–H and O–H groups in total. The first-order valence-electron chi connectivity index (χ1n) is 7.91. The van der Waals surface area contributed by atoms with Crippen LogP contribution in [0.1, 0.15) is 11.1 Å². The van der Waals surface area contributed by atoms with E-state index in [0.717, 1.165) is 38.2 Å². The monoisotopic (exact) mass is 298 g/mol. The van der Waals surface area contributed by atoms with Crippen LogP contribution >= 0.6 is 0 Å². The molecular weight excluding hydrogens is 272 g/mol. The van der Waals surface area contributed by atoms with Crippen LogP contribution in [-0.4, -0.2) is 38.2 Å². The summed E-state index contributed by atoms with van der Waals surface area (Å²) >= 11 is 0. The minimum Gasteiger partial charge on any atom is -0.497 e. The summed E-state index contributed by atoms with van der Waals surface area (Å²) in [4.78, 5) is 2.44. The Morgan fingerprint density at radius 2 is 1.41 bits per heavy atom. The van der Waals surface area contributed by atoms with Gasteiger partial charge in [0, 0.05) is 26.2 Å². The van der Waals surface area contributed by atoms with Crippen molar-refractivity contribution >= 4 is 0 Å². The van der Waals surface area contributed by atoms with E-state index in [1.54, 1.807) is 7.11 Å². The molecule has 2 aromatic carbocycles. The van der Waals surface area contributed by atoms with Crippen LogP contribution in [0.25, 0.3) is 0 Å². The molecule has 118 valence electrons. The molecule has 0 aliphatic carbocycles. The first-order chi connectivity index (χ1) is 10.8. The third-order valence-electron chi connectivity index (χ3n) is 3.88. The lowest BCUT2D eigenvalue weighted by atomic mass is 10.1. The number of methoxy groups -OCH3 is 1. The fraction of sp³-hybridized carbons (Fsp3) is 0.368. The zero-order valence-corrected chi connectivity index (χ0v) is 13.4. The van der Waals surface area contributed by atoms with Gasteiger partial charge in [0.2, 0.25) is 0 Å². The minimum absolute atomic E-state index is 0.706. The van der Waals surface area contributed by atoms with E-state index in [4.69, 9.17) is 10.5 Å². The van der Waals surface area contributed by atoms with E-state index in [1.165, 1.54) is 11.1 Å². The third kappa shape index (κ3) is 5.51. The number of hydrogen-bond donors (Lipinski definition) is 1. The smallest absolute Gasteiger partial charge is 0.118 e. The topological polar surface area (TPSA) is 38.5 Å². The second-order valence-corrected chi connectivity index (χ2v) is 5.46. The van der Waals surface area contributed by atoms with Crippen molar-refractivity contribution in [1.29, 1.82) is 0 Å². The number of rotatable bonds is 9. The Bertz CT molecular complexity index is 525. The van der Waals surface area contributed by atoms with Crippen LogP contribution in [0.5, 0.6) is 5.75 Å². The average molecular weight is 298 g/mol. The van der Waals surface area contributed by atoms with Gasteiger partial charge in [-0.2, -0.15) is 0 Å². The fourth-order valence-electron chi connectivity index (χ4n) is 2.53. The van der Waals surface area contributed by atoms with E-state index in [-0.39, 0.29) is 0 Å². The summed E-state index contributed by atoms with van der Waals surface area (Å²) in [5.74, 6) is 0.909. The maximum absolute atomic E-state index is 5.75. The molecule has 2 aromatic rings. The highest BCUT2D eigenvalue weighted by atomic mass is 16.5. The normalized spacial score (nSPS) is 10.9. The molecule has 3 nitrogen and oxygen atoms in total. The van der Waals surface area contributed by atoms with Crippen LogP contribution in [0.4, 0.5) is 0 Å². The maximum Gasteiger partial charge on any atom is 0.118 e. The molecule has 22 heavy (non-hydrogen) atoms.